The fourth-order valence-electron chi connectivity index (χ4n) is 3.22. The molecule has 5 N–H and O–H groups in total. The molecule has 3 rings (SSSR count). The van der Waals surface area contributed by atoms with Crippen molar-refractivity contribution in [1.29, 1.82) is 0 Å². The first-order valence-electron chi connectivity index (χ1n) is 10.9. The zero-order chi connectivity index (χ0) is 25.2. The molecule has 0 aliphatic carbocycles. The zero-order valence-electron chi connectivity index (χ0n) is 18.7. The highest BCUT2D eigenvalue weighted by Crippen LogP contribution is 2.28. The van der Waals surface area contributed by atoms with Crippen molar-refractivity contribution in [1.82, 2.24) is 0 Å². The second-order valence-corrected chi connectivity index (χ2v) is 8.56. The van der Waals surface area contributed by atoms with Crippen molar-refractivity contribution in [3.8, 4) is 5.75 Å². The lowest BCUT2D eigenvalue weighted by Crippen LogP contribution is -2.17. The number of benzene rings is 3. The van der Waals surface area contributed by atoms with Crippen LogP contribution in [0.4, 0.5) is 26.2 Å². The Morgan fingerprint density at radius 1 is 1.09 bits per heavy atom. The normalized spacial score (nSPS) is 11.7. The van der Waals surface area contributed by atoms with E-state index in [-0.39, 0.29) is 5.91 Å². The molecular formula is C26H25BrFN3O4. The van der Waals surface area contributed by atoms with Crippen LogP contribution in [-0.4, -0.2) is 17.1 Å². The number of phenolic OH excluding ortho intramolecular Hbond substituents is 1. The summed E-state index contributed by atoms with van der Waals surface area (Å²) in [7, 11) is 0. The largest absolute Gasteiger partial charge is 0.505 e. The standard InChI is InChI=1S/C26H25BrFN3O4/c27-18-11-13-19(14-12-18)30-26(34)35-24(17-10-15-23(32)20(28)16-17)8-2-1-3-9-25(33)31-22-7-5-4-6-21(22)29/h3-7,9-16,24,32H,1-2,8,29H2,(H,30,34)(H,31,33)/b9-3+/t24-/m1/s1. The van der Waals surface area contributed by atoms with Gasteiger partial charge in [-0.1, -0.05) is 40.2 Å². The number of ether oxygens (including phenoxy) is 1. The Balaban J connectivity index is 1.57. The Morgan fingerprint density at radius 3 is 2.54 bits per heavy atom. The van der Waals surface area contributed by atoms with Gasteiger partial charge in [-0.3, -0.25) is 10.1 Å². The van der Waals surface area contributed by atoms with Crippen molar-refractivity contribution >= 4 is 45.0 Å². The van der Waals surface area contributed by atoms with Crippen LogP contribution in [0.15, 0.2) is 83.4 Å². The summed E-state index contributed by atoms with van der Waals surface area (Å²) in [6, 6.07) is 17.8. The average molecular weight is 542 g/mol. The molecule has 0 aromatic heterocycles. The summed E-state index contributed by atoms with van der Waals surface area (Å²) in [5.74, 6) is -1.61. The van der Waals surface area contributed by atoms with Crippen LogP contribution in [0.2, 0.25) is 0 Å². The lowest BCUT2D eigenvalue weighted by atomic mass is 10.0. The summed E-state index contributed by atoms with van der Waals surface area (Å²) in [6.07, 6.45) is 3.10. The van der Waals surface area contributed by atoms with Gasteiger partial charge in [0, 0.05) is 10.2 Å². The second kappa shape index (κ2) is 12.6. The minimum atomic E-state index is -0.804. The number of para-hydroxylation sites is 2. The molecule has 3 aromatic rings. The minimum absolute atomic E-state index is 0.315. The van der Waals surface area contributed by atoms with Gasteiger partial charge in [-0.15, -0.1) is 0 Å². The average Bonchev–Trinajstić information content (AvgIpc) is 2.83. The Morgan fingerprint density at radius 2 is 1.83 bits per heavy atom. The van der Waals surface area contributed by atoms with Crippen LogP contribution in [0, 0.1) is 5.82 Å². The number of nitrogens with two attached hydrogens (primary N) is 1. The number of aromatic hydroxyl groups is 1. The summed E-state index contributed by atoms with van der Waals surface area (Å²) >= 11 is 3.33. The highest BCUT2D eigenvalue weighted by molar-refractivity contribution is 9.10. The number of phenols is 1. The molecule has 0 unspecified atom stereocenters. The van der Waals surface area contributed by atoms with Gasteiger partial charge in [0.2, 0.25) is 5.91 Å². The van der Waals surface area contributed by atoms with E-state index in [0.29, 0.717) is 41.9 Å². The van der Waals surface area contributed by atoms with E-state index in [1.54, 1.807) is 54.6 Å². The van der Waals surface area contributed by atoms with Gasteiger partial charge in [0.25, 0.3) is 0 Å². The molecule has 0 fully saturated rings. The van der Waals surface area contributed by atoms with E-state index < -0.39 is 23.8 Å². The highest BCUT2D eigenvalue weighted by atomic mass is 79.9. The van der Waals surface area contributed by atoms with Crippen molar-refractivity contribution in [2.45, 2.75) is 25.4 Å². The number of anilines is 3. The number of nitrogen functional groups attached to an aromatic ring is 1. The van der Waals surface area contributed by atoms with Crippen LogP contribution in [0.3, 0.4) is 0 Å². The fraction of sp³-hybridized carbons (Fsp3) is 0.154. The number of hydrogen-bond acceptors (Lipinski definition) is 5. The van der Waals surface area contributed by atoms with Crippen LogP contribution < -0.4 is 16.4 Å². The molecular weight excluding hydrogens is 517 g/mol. The second-order valence-electron chi connectivity index (χ2n) is 7.65. The first-order valence-corrected chi connectivity index (χ1v) is 11.6. The third kappa shape index (κ3) is 8.15. The Labute approximate surface area is 210 Å². The Kier molecular flexibility index (Phi) is 9.25. The summed E-state index contributed by atoms with van der Waals surface area (Å²) in [5, 5.41) is 14.8. The number of allylic oxidation sites excluding steroid dienone is 1. The molecule has 1 atom stereocenters. The lowest BCUT2D eigenvalue weighted by Gasteiger charge is -2.19. The Hall–Kier alpha value is -3.85. The molecule has 0 aliphatic rings. The first kappa shape index (κ1) is 25.8. The highest BCUT2D eigenvalue weighted by Gasteiger charge is 2.18. The summed E-state index contributed by atoms with van der Waals surface area (Å²) in [4.78, 5) is 24.5. The van der Waals surface area contributed by atoms with E-state index in [2.05, 4.69) is 26.6 Å². The van der Waals surface area contributed by atoms with Crippen LogP contribution in [0.1, 0.15) is 30.9 Å². The number of nitrogens with one attached hydrogen (secondary N) is 2. The number of unbranched alkanes of at least 4 members (excludes halogenated alkanes) is 1. The number of carbonyl (C=O) groups excluding carboxylic acids is 2. The molecule has 0 radical (unpaired) electrons. The van der Waals surface area contributed by atoms with Crippen LogP contribution in [0.25, 0.3) is 0 Å². The van der Waals surface area contributed by atoms with Gasteiger partial charge in [-0.25, -0.2) is 9.18 Å². The molecule has 7 nitrogen and oxygen atoms in total. The van der Waals surface area contributed by atoms with E-state index in [1.807, 2.05) is 0 Å². The number of carbonyl (C=O) groups is 2. The van der Waals surface area contributed by atoms with E-state index in [0.717, 1.165) is 10.5 Å². The van der Waals surface area contributed by atoms with E-state index >= 15 is 0 Å². The molecule has 0 saturated carbocycles. The lowest BCUT2D eigenvalue weighted by molar-refractivity contribution is -0.111. The van der Waals surface area contributed by atoms with Gasteiger partial charge in [0.15, 0.2) is 11.6 Å². The molecule has 2 amide bonds. The summed E-state index contributed by atoms with van der Waals surface area (Å²) < 4.78 is 20.3. The number of hydrogen-bond donors (Lipinski definition) is 4. The fourth-order valence-corrected chi connectivity index (χ4v) is 3.49. The maximum atomic E-state index is 13.9. The molecule has 0 saturated heterocycles. The molecule has 0 spiro atoms. The molecule has 0 aliphatic heterocycles. The predicted molar refractivity (Wildman–Crippen MR) is 138 cm³/mol. The first-order chi connectivity index (χ1) is 16.8. The zero-order valence-corrected chi connectivity index (χ0v) is 20.3. The maximum absolute atomic E-state index is 13.9. The molecule has 0 bridgehead atoms. The van der Waals surface area contributed by atoms with Gasteiger partial charge >= 0.3 is 6.09 Å². The molecule has 9 heteroatoms. The quantitative estimate of drug-likeness (QED) is 0.140. The third-order valence-electron chi connectivity index (χ3n) is 5.01. The van der Waals surface area contributed by atoms with Crippen molar-refractivity contribution in [2.75, 3.05) is 16.4 Å². The molecule has 0 heterocycles. The van der Waals surface area contributed by atoms with Gasteiger partial charge in [-0.2, -0.15) is 0 Å². The van der Waals surface area contributed by atoms with Crippen molar-refractivity contribution < 1.29 is 23.8 Å². The topological polar surface area (TPSA) is 114 Å². The van der Waals surface area contributed by atoms with E-state index in [1.165, 1.54) is 18.2 Å². The summed E-state index contributed by atoms with van der Waals surface area (Å²) in [5.41, 5.74) is 7.77. The number of halogens is 2. The summed E-state index contributed by atoms with van der Waals surface area (Å²) in [6.45, 7) is 0. The van der Waals surface area contributed by atoms with E-state index in [9.17, 15) is 19.1 Å². The Bertz CT molecular complexity index is 1200. The van der Waals surface area contributed by atoms with Gasteiger partial charge < -0.3 is 20.9 Å². The van der Waals surface area contributed by atoms with Gasteiger partial charge in [0.1, 0.15) is 6.10 Å². The number of amides is 2. The number of rotatable bonds is 9. The maximum Gasteiger partial charge on any atom is 0.412 e. The van der Waals surface area contributed by atoms with Crippen molar-refractivity contribution in [2.24, 2.45) is 0 Å². The predicted octanol–water partition coefficient (Wildman–Crippen LogP) is 6.53. The van der Waals surface area contributed by atoms with E-state index in [4.69, 9.17) is 10.5 Å². The smallest absolute Gasteiger partial charge is 0.412 e. The van der Waals surface area contributed by atoms with Crippen molar-refractivity contribution in [3.05, 3.63) is 94.7 Å². The van der Waals surface area contributed by atoms with Crippen molar-refractivity contribution in [3.63, 3.8) is 0 Å². The third-order valence-corrected chi connectivity index (χ3v) is 5.54. The minimum Gasteiger partial charge on any atom is -0.505 e. The van der Waals surface area contributed by atoms with Gasteiger partial charge in [0.05, 0.1) is 11.4 Å². The monoisotopic (exact) mass is 541 g/mol. The molecule has 35 heavy (non-hydrogen) atoms. The van der Waals surface area contributed by atoms with Crippen LogP contribution in [-0.2, 0) is 9.53 Å². The molecule has 3 aromatic carbocycles. The SMILES string of the molecule is Nc1ccccc1NC(=O)/C=C/CCC[C@@H](OC(=O)Nc1ccc(Br)cc1)c1ccc(O)c(F)c1. The van der Waals surface area contributed by atoms with Crippen LogP contribution in [0.5, 0.6) is 5.75 Å². The van der Waals surface area contributed by atoms with Crippen LogP contribution >= 0.6 is 15.9 Å². The molecule has 182 valence electrons. The van der Waals surface area contributed by atoms with Gasteiger partial charge in [-0.05, 0) is 79.4 Å².